The summed E-state index contributed by atoms with van der Waals surface area (Å²) in [5, 5.41) is 22.7. The van der Waals surface area contributed by atoms with E-state index in [1.54, 1.807) is 0 Å². The molecule has 0 radical (unpaired) electrons. The Hall–Kier alpha value is -0.980. The predicted octanol–water partition coefficient (Wildman–Crippen LogP) is 4.54. The number of benzene rings is 1. The first-order valence-electron chi connectivity index (χ1n) is 14.0. The lowest BCUT2D eigenvalue weighted by atomic mass is 9.68. The zero-order chi connectivity index (χ0) is 23.8. The molecule has 1 heterocycles. The number of aliphatic hydroxyl groups excluding tert-OH is 1. The second-order valence-electron chi connectivity index (χ2n) is 12.3. The molecule has 0 bridgehead atoms. The van der Waals surface area contributed by atoms with E-state index in [1.807, 2.05) is 0 Å². The Labute approximate surface area is 207 Å². The molecular formula is C29H47N3O2. The number of hydrogen-bond donors (Lipinski definition) is 2. The van der Waals surface area contributed by atoms with Crippen LogP contribution < -0.4 is 0 Å². The molecule has 190 valence electrons. The van der Waals surface area contributed by atoms with E-state index in [0.29, 0.717) is 0 Å². The third-order valence-electron chi connectivity index (χ3n) is 10.2. The van der Waals surface area contributed by atoms with E-state index in [0.717, 1.165) is 83.3 Å². The monoisotopic (exact) mass is 469 g/mol. The fourth-order valence-electron chi connectivity index (χ4n) is 7.56. The van der Waals surface area contributed by atoms with Crippen LogP contribution in [0, 0.1) is 5.92 Å². The van der Waals surface area contributed by atoms with Gasteiger partial charge in [-0.25, -0.2) is 0 Å². The molecule has 1 saturated heterocycles. The van der Waals surface area contributed by atoms with Crippen LogP contribution in [0.25, 0.3) is 0 Å². The van der Waals surface area contributed by atoms with Crippen LogP contribution in [0.5, 0.6) is 0 Å². The predicted molar refractivity (Wildman–Crippen MR) is 137 cm³/mol. The van der Waals surface area contributed by atoms with Gasteiger partial charge in [0.25, 0.3) is 0 Å². The summed E-state index contributed by atoms with van der Waals surface area (Å²) in [7, 11) is 4.47. The summed E-state index contributed by atoms with van der Waals surface area (Å²) in [6.07, 6.45) is 14.1. The van der Waals surface area contributed by atoms with Crippen molar-refractivity contribution in [1.29, 1.82) is 0 Å². The summed E-state index contributed by atoms with van der Waals surface area (Å²) < 4.78 is 0. The minimum absolute atomic E-state index is 0.0540. The summed E-state index contributed by atoms with van der Waals surface area (Å²) in [4.78, 5) is 7.23. The lowest BCUT2D eigenvalue weighted by molar-refractivity contribution is -0.107. The Morgan fingerprint density at radius 2 is 1.59 bits per heavy atom. The molecule has 0 aromatic heterocycles. The summed E-state index contributed by atoms with van der Waals surface area (Å²) in [6, 6.07) is 11.0. The van der Waals surface area contributed by atoms with Crippen molar-refractivity contribution < 1.29 is 10.2 Å². The molecule has 0 amide bonds. The van der Waals surface area contributed by atoms with Crippen molar-refractivity contribution in [3.05, 3.63) is 35.9 Å². The first-order chi connectivity index (χ1) is 16.4. The molecule has 4 aliphatic rings. The fourth-order valence-corrected chi connectivity index (χ4v) is 7.56. The van der Waals surface area contributed by atoms with Crippen LogP contribution in [0.3, 0.4) is 0 Å². The van der Waals surface area contributed by atoms with Crippen LogP contribution in [-0.2, 0) is 5.54 Å². The van der Waals surface area contributed by atoms with Gasteiger partial charge >= 0.3 is 0 Å². The Morgan fingerprint density at radius 3 is 2.18 bits per heavy atom. The van der Waals surface area contributed by atoms with Crippen molar-refractivity contribution in [3.8, 4) is 0 Å². The average Bonchev–Trinajstić information content (AvgIpc) is 3.07. The number of nitrogens with zero attached hydrogens (tertiary/aromatic N) is 3. The number of aliphatic hydroxyl groups is 2. The van der Waals surface area contributed by atoms with Gasteiger partial charge in [0.05, 0.1) is 5.60 Å². The van der Waals surface area contributed by atoms with Crippen molar-refractivity contribution in [2.45, 2.75) is 107 Å². The lowest BCUT2D eigenvalue weighted by Crippen LogP contribution is -2.57. The van der Waals surface area contributed by atoms with Crippen molar-refractivity contribution in [2.24, 2.45) is 5.92 Å². The van der Waals surface area contributed by atoms with Gasteiger partial charge in [0.15, 0.2) is 6.35 Å². The second kappa shape index (κ2) is 9.82. The van der Waals surface area contributed by atoms with Crippen LogP contribution in [0.1, 0.15) is 89.0 Å². The largest absolute Gasteiger partial charge is 0.390 e. The zero-order valence-corrected chi connectivity index (χ0v) is 21.6. The highest BCUT2D eigenvalue weighted by Crippen LogP contribution is 2.50. The van der Waals surface area contributed by atoms with E-state index in [-0.39, 0.29) is 11.1 Å². The molecule has 1 aromatic carbocycles. The van der Waals surface area contributed by atoms with E-state index in [1.165, 1.54) is 31.2 Å². The van der Waals surface area contributed by atoms with Gasteiger partial charge in [-0.2, -0.15) is 0 Å². The molecule has 1 unspecified atom stereocenters. The zero-order valence-electron chi connectivity index (χ0n) is 21.6. The van der Waals surface area contributed by atoms with Crippen LogP contribution in [0.4, 0.5) is 0 Å². The molecule has 1 atom stereocenters. The average molecular weight is 470 g/mol. The van der Waals surface area contributed by atoms with Crippen LogP contribution in [-0.4, -0.2) is 76.1 Å². The highest BCUT2D eigenvalue weighted by atomic mass is 16.3. The quantitative estimate of drug-likeness (QED) is 0.614. The number of hydrogen-bond acceptors (Lipinski definition) is 5. The maximum atomic E-state index is 11.6. The molecule has 1 aliphatic heterocycles. The molecule has 1 aromatic rings. The smallest absolute Gasteiger partial charge is 0.166 e. The first-order valence-corrected chi connectivity index (χ1v) is 14.0. The van der Waals surface area contributed by atoms with E-state index >= 15 is 0 Å². The van der Waals surface area contributed by atoms with Crippen LogP contribution in [0.15, 0.2) is 30.3 Å². The van der Waals surface area contributed by atoms with Crippen LogP contribution in [0.2, 0.25) is 0 Å². The SMILES string of the molecule is CN(C)[C@]1(c2ccccc2)CC[C@]2(CC1)CN(CCC1(O)CCCCC1)C(O)N2CC1CCC1. The van der Waals surface area contributed by atoms with Gasteiger partial charge in [-0.15, -0.1) is 0 Å². The van der Waals surface area contributed by atoms with Gasteiger partial charge in [-0.3, -0.25) is 14.7 Å². The summed E-state index contributed by atoms with van der Waals surface area (Å²) in [6.45, 7) is 2.77. The molecule has 3 saturated carbocycles. The van der Waals surface area contributed by atoms with Gasteiger partial charge < -0.3 is 10.2 Å². The highest BCUT2D eigenvalue weighted by molar-refractivity contribution is 5.26. The van der Waals surface area contributed by atoms with Gasteiger partial charge in [-0.1, -0.05) is 56.0 Å². The minimum atomic E-state index is -0.521. The third-order valence-corrected chi connectivity index (χ3v) is 10.2. The van der Waals surface area contributed by atoms with Crippen molar-refractivity contribution >= 4 is 0 Å². The number of rotatable bonds is 7. The third kappa shape index (κ3) is 4.59. The highest BCUT2D eigenvalue weighted by Gasteiger charge is 2.55. The summed E-state index contributed by atoms with van der Waals surface area (Å²) >= 11 is 0. The van der Waals surface area contributed by atoms with Gasteiger partial charge in [0, 0.05) is 30.7 Å². The van der Waals surface area contributed by atoms with Crippen molar-refractivity contribution in [1.82, 2.24) is 14.7 Å². The lowest BCUT2D eigenvalue weighted by Gasteiger charge is -2.52. The molecule has 5 nitrogen and oxygen atoms in total. The molecule has 2 N–H and O–H groups in total. The molecule has 3 aliphatic carbocycles. The summed E-state index contributed by atoms with van der Waals surface area (Å²) in [5.74, 6) is 0.739. The maximum Gasteiger partial charge on any atom is 0.166 e. The molecule has 5 rings (SSSR count). The van der Waals surface area contributed by atoms with Crippen molar-refractivity contribution in [2.75, 3.05) is 33.7 Å². The molecule has 34 heavy (non-hydrogen) atoms. The van der Waals surface area contributed by atoms with Gasteiger partial charge in [0.1, 0.15) is 0 Å². The van der Waals surface area contributed by atoms with Crippen LogP contribution >= 0.6 is 0 Å². The van der Waals surface area contributed by atoms with Gasteiger partial charge in [-0.05, 0) is 83.4 Å². The molecule has 1 spiro atoms. The summed E-state index contributed by atoms with van der Waals surface area (Å²) in [5.41, 5.74) is 1.03. The van der Waals surface area contributed by atoms with E-state index in [2.05, 4.69) is 59.1 Å². The Bertz CT molecular complexity index is 795. The van der Waals surface area contributed by atoms with E-state index < -0.39 is 12.0 Å². The minimum Gasteiger partial charge on any atom is -0.390 e. The van der Waals surface area contributed by atoms with Gasteiger partial charge in [0.2, 0.25) is 0 Å². The molecule has 5 heteroatoms. The topological polar surface area (TPSA) is 50.2 Å². The maximum absolute atomic E-state index is 11.6. The standard InChI is InChI=1S/C29H47N3O2/c1-30(2)29(25-12-5-3-6-13-25)18-16-27(17-19-29)23-31(21-20-28(34)14-7-4-8-15-28)26(33)32(27)22-24-10-9-11-24/h3,5-6,12-13,24,26,33-34H,4,7-11,14-23H2,1-2H3/t26?,27-,29+. The van der Waals surface area contributed by atoms with E-state index in [4.69, 9.17) is 0 Å². The van der Waals surface area contributed by atoms with E-state index in [9.17, 15) is 10.2 Å². The van der Waals surface area contributed by atoms with Crippen molar-refractivity contribution in [3.63, 3.8) is 0 Å². The second-order valence-corrected chi connectivity index (χ2v) is 12.3. The Balaban J connectivity index is 1.33. The Kier molecular flexibility index (Phi) is 7.13. The normalized spacial score (nSPS) is 35.1. The first kappa shape index (κ1) is 24.7. The molecular weight excluding hydrogens is 422 g/mol. The fraction of sp³-hybridized carbons (Fsp3) is 0.793. The Morgan fingerprint density at radius 1 is 0.912 bits per heavy atom. The molecule has 4 fully saturated rings.